The van der Waals surface area contributed by atoms with Crippen molar-refractivity contribution in [3.05, 3.63) is 29.8 Å². The average molecular weight is 225 g/mol. The summed E-state index contributed by atoms with van der Waals surface area (Å²) in [6, 6.07) is 7.15. The molecule has 2 unspecified atom stereocenters. The summed E-state index contributed by atoms with van der Waals surface area (Å²) >= 11 is -2.11. The van der Waals surface area contributed by atoms with Gasteiger partial charge in [-0.15, -0.1) is 0 Å². The van der Waals surface area contributed by atoms with Crippen LogP contribution in [0, 0.1) is 0 Å². The van der Waals surface area contributed by atoms with Crippen molar-refractivity contribution < 1.29 is 8.76 Å². The van der Waals surface area contributed by atoms with Crippen molar-refractivity contribution in [3.8, 4) is 0 Å². The zero-order chi connectivity index (χ0) is 11.3. The van der Waals surface area contributed by atoms with Crippen LogP contribution < -0.4 is 0 Å². The molecule has 1 aromatic rings. The molecule has 0 heterocycles. The zero-order valence-corrected chi connectivity index (χ0v) is 10.0. The highest BCUT2D eigenvalue weighted by molar-refractivity contribution is 7.79. The van der Waals surface area contributed by atoms with Gasteiger partial charge < -0.3 is 4.55 Å². The Morgan fingerprint density at radius 2 is 1.93 bits per heavy atom. The van der Waals surface area contributed by atoms with Crippen LogP contribution in [0.1, 0.15) is 44.6 Å². The van der Waals surface area contributed by atoms with E-state index in [4.69, 9.17) is 0 Å². The Kier molecular flexibility index (Phi) is 4.99. The molecule has 0 aromatic heterocycles. The lowest BCUT2D eigenvalue weighted by Gasteiger charge is -2.12. The van der Waals surface area contributed by atoms with Crippen LogP contribution >= 0.6 is 0 Å². The van der Waals surface area contributed by atoms with Crippen molar-refractivity contribution in [1.29, 1.82) is 0 Å². The minimum atomic E-state index is -2.11. The van der Waals surface area contributed by atoms with Crippen LogP contribution in [0.3, 0.4) is 0 Å². The molecule has 0 bridgehead atoms. The molecule has 0 spiro atoms. The van der Waals surface area contributed by atoms with E-state index >= 15 is 0 Å². The lowest BCUT2D eigenvalue weighted by Crippen LogP contribution is -1.95. The van der Waals surface area contributed by atoms with Gasteiger partial charge in [-0.05, 0) is 41.1 Å². The second kappa shape index (κ2) is 6.03. The summed E-state index contributed by atoms with van der Waals surface area (Å²) in [5.41, 5.74) is 1.22. The summed E-state index contributed by atoms with van der Waals surface area (Å²) in [6.45, 7) is 4.36. The maximum Gasteiger partial charge on any atom is 0.0248 e. The molecule has 0 saturated heterocycles. The van der Waals surface area contributed by atoms with Crippen molar-refractivity contribution in [2.45, 2.75) is 43.9 Å². The summed E-state index contributed by atoms with van der Waals surface area (Å²) in [5, 5.41) is 0. The number of hydrogen-bond donors (Lipinski definition) is 0. The first-order valence-corrected chi connectivity index (χ1v) is 6.42. The fourth-order valence-corrected chi connectivity index (χ4v) is 1.94. The van der Waals surface area contributed by atoms with Crippen molar-refractivity contribution in [2.24, 2.45) is 0 Å². The summed E-state index contributed by atoms with van der Waals surface area (Å²) in [7, 11) is 0. The number of hydrogen-bond acceptors (Lipinski definition) is 2. The first-order chi connectivity index (χ1) is 7.15. The van der Waals surface area contributed by atoms with Crippen molar-refractivity contribution in [2.75, 3.05) is 0 Å². The fourth-order valence-electron chi connectivity index (χ4n) is 1.58. The molecule has 0 N–H and O–H groups in total. The third-order valence-corrected chi connectivity index (χ3v) is 3.29. The lowest BCUT2D eigenvalue weighted by atomic mass is 9.96. The van der Waals surface area contributed by atoms with E-state index in [1.54, 1.807) is 12.1 Å². The third-order valence-electron chi connectivity index (χ3n) is 2.63. The highest BCUT2D eigenvalue weighted by atomic mass is 32.2. The topological polar surface area (TPSA) is 40.1 Å². The minimum absolute atomic E-state index is 0.362. The Bertz CT molecular complexity index is 319. The van der Waals surface area contributed by atoms with Crippen molar-refractivity contribution in [1.82, 2.24) is 0 Å². The normalized spacial score (nSPS) is 14.9. The summed E-state index contributed by atoms with van der Waals surface area (Å²) in [5.74, 6) is 0.513. The second-order valence-electron chi connectivity index (χ2n) is 3.85. The molecule has 3 heteroatoms. The van der Waals surface area contributed by atoms with E-state index in [2.05, 4.69) is 13.8 Å². The Morgan fingerprint density at radius 1 is 1.33 bits per heavy atom. The highest BCUT2D eigenvalue weighted by Crippen LogP contribution is 2.22. The molecule has 2 atom stereocenters. The molecular formula is C12H17O2S-. The molecule has 0 fully saturated rings. The Balaban J connectivity index is 2.66. The van der Waals surface area contributed by atoms with Crippen LogP contribution in [0.2, 0.25) is 0 Å². The predicted octanol–water partition coefficient (Wildman–Crippen LogP) is 3.22. The average Bonchev–Trinajstić information content (AvgIpc) is 2.26. The van der Waals surface area contributed by atoms with Crippen LogP contribution in [-0.4, -0.2) is 8.76 Å². The van der Waals surface area contributed by atoms with E-state index in [1.165, 1.54) is 18.4 Å². The molecule has 0 aliphatic carbocycles. The van der Waals surface area contributed by atoms with Gasteiger partial charge >= 0.3 is 0 Å². The van der Waals surface area contributed by atoms with Gasteiger partial charge in [-0.25, -0.2) is 0 Å². The van der Waals surface area contributed by atoms with Gasteiger partial charge in [0, 0.05) is 4.90 Å². The SMILES string of the molecule is CCCCC(C)c1ccc(S(=O)[O-])cc1. The summed E-state index contributed by atoms with van der Waals surface area (Å²) < 4.78 is 21.3. The smallest absolute Gasteiger partial charge is 0.0248 e. The van der Waals surface area contributed by atoms with Gasteiger partial charge in [0.15, 0.2) is 0 Å². The molecule has 1 aromatic carbocycles. The predicted molar refractivity (Wildman–Crippen MR) is 61.6 cm³/mol. The first-order valence-electron chi connectivity index (χ1n) is 5.34. The van der Waals surface area contributed by atoms with E-state index in [1.807, 2.05) is 12.1 Å². The van der Waals surface area contributed by atoms with Crippen LogP contribution in [0.25, 0.3) is 0 Å². The number of unbranched alkanes of at least 4 members (excludes halogenated alkanes) is 1. The van der Waals surface area contributed by atoms with E-state index in [0.717, 1.165) is 6.42 Å². The van der Waals surface area contributed by atoms with Crippen LogP contribution in [0.4, 0.5) is 0 Å². The minimum Gasteiger partial charge on any atom is -0.768 e. The van der Waals surface area contributed by atoms with Crippen molar-refractivity contribution in [3.63, 3.8) is 0 Å². The molecule has 84 valence electrons. The van der Waals surface area contributed by atoms with E-state index < -0.39 is 11.1 Å². The van der Waals surface area contributed by atoms with Crippen LogP contribution in [0.15, 0.2) is 29.2 Å². The van der Waals surface area contributed by atoms with Gasteiger partial charge in [-0.3, -0.25) is 4.21 Å². The maximum absolute atomic E-state index is 10.7. The Morgan fingerprint density at radius 3 is 2.40 bits per heavy atom. The summed E-state index contributed by atoms with van der Waals surface area (Å²) in [6.07, 6.45) is 3.58. The quantitative estimate of drug-likeness (QED) is 0.722. The molecule has 2 nitrogen and oxygen atoms in total. The standard InChI is InChI=1S/C12H18O2S/c1-3-4-5-10(2)11-6-8-12(9-7-11)15(13)14/h6-10H,3-5H2,1-2H3,(H,13,14)/p-1. The zero-order valence-electron chi connectivity index (χ0n) is 9.23. The van der Waals surface area contributed by atoms with Gasteiger partial charge in [0.2, 0.25) is 0 Å². The number of benzene rings is 1. The Labute approximate surface area is 94.0 Å². The van der Waals surface area contributed by atoms with Crippen LogP contribution in [-0.2, 0) is 11.1 Å². The molecular weight excluding hydrogens is 208 g/mol. The fraction of sp³-hybridized carbons (Fsp3) is 0.500. The molecule has 0 radical (unpaired) electrons. The molecule has 0 saturated carbocycles. The van der Waals surface area contributed by atoms with Gasteiger partial charge in [0.25, 0.3) is 0 Å². The van der Waals surface area contributed by atoms with Gasteiger partial charge in [-0.1, -0.05) is 38.8 Å². The van der Waals surface area contributed by atoms with Crippen molar-refractivity contribution >= 4 is 11.1 Å². The lowest BCUT2D eigenvalue weighted by molar-refractivity contribution is 0.537. The second-order valence-corrected chi connectivity index (χ2v) is 4.79. The first kappa shape index (κ1) is 12.4. The molecule has 0 aliphatic rings. The van der Waals surface area contributed by atoms with Gasteiger partial charge in [0.1, 0.15) is 0 Å². The maximum atomic E-state index is 10.7. The third kappa shape index (κ3) is 3.76. The van der Waals surface area contributed by atoms with Crippen LogP contribution in [0.5, 0.6) is 0 Å². The molecule has 1 rings (SSSR count). The molecule has 0 aliphatic heterocycles. The molecule has 15 heavy (non-hydrogen) atoms. The summed E-state index contributed by atoms with van der Waals surface area (Å²) in [4.78, 5) is 0.362. The number of rotatable bonds is 5. The monoisotopic (exact) mass is 225 g/mol. The van der Waals surface area contributed by atoms with Gasteiger partial charge in [-0.2, -0.15) is 0 Å². The van der Waals surface area contributed by atoms with E-state index in [-0.39, 0.29) is 0 Å². The Hall–Kier alpha value is -0.670. The van der Waals surface area contributed by atoms with E-state index in [9.17, 15) is 8.76 Å². The molecule has 0 amide bonds. The highest BCUT2D eigenvalue weighted by Gasteiger charge is 2.04. The van der Waals surface area contributed by atoms with E-state index in [0.29, 0.717) is 10.8 Å². The van der Waals surface area contributed by atoms with Gasteiger partial charge in [0.05, 0.1) is 0 Å². The largest absolute Gasteiger partial charge is 0.768 e.